The van der Waals surface area contributed by atoms with Crippen molar-refractivity contribution in [2.24, 2.45) is 0 Å². The largest absolute Gasteiger partial charge is 0.489 e. The van der Waals surface area contributed by atoms with Gasteiger partial charge in [-0.15, -0.1) is 0 Å². The fourth-order valence-corrected chi connectivity index (χ4v) is 2.70. The van der Waals surface area contributed by atoms with Crippen LogP contribution in [0, 0.1) is 5.82 Å². The molecule has 1 amide bonds. The molecular weight excluding hydrogens is 323 g/mol. The van der Waals surface area contributed by atoms with Gasteiger partial charge in [-0.2, -0.15) is 0 Å². The van der Waals surface area contributed by atoms with Crippen LogP contribution in [0.25, 0.3) is 0 Å². The molecule has 3 rings (SSSR count). The van der Waals surface area contributed by atoms with Crippen molar-refractivity contribution < 1.29 is 18.7 Å². The number of ether oxygens (including phenoxy) is 2. The van der Waals surface area contributed by atoms with Gasteiger partial charge in [-0.25, -0.2) is 4.39 Å². The number of nitrogens with one attached hydrogen (secondary N) is 2. The third-order valence-electron chi connectivity index (χ3n) is 4.00. The molecule has 1 fully saturated rings. The Morgan fingerprint density at radius 2 is 2.16 bits per heavy atom. The van der Waals surface area contributed by atoms with Crippen LogP contribution >= 0.6 is 0 Å². The molecule has 0 radical (unpaired) electrons. The van der Waals surface area contributed by atoms with Gasteiger partial charge in [0, 0.05) is 18.3 Å². The average Bonchev–Trinajstić information content (AvgIpc) is 2.61. The van der Waals surface area contributed by atoms with E-state index in [1.165, 1.54) is 12.1 Å². The lowest BCUT2D eigenvalue weighted by Gasteiger charge is -2.29. The normalized spacial score (nSPS) is 20.1. The number of morpholine rings is 1. The van der Waals surface area contributed by atoms with Crippen molar-refractivity contribution in [3.63, 3.8) is 0 Å². The lowest BCUT2D eigenvalue weighted by Crippen LogP contribution is -2.53. The molecule has 5 nitrogen and oxygen atoms in total. The molecule has 0 unspecified atom stereocenters. The first-order valence-electron chi connectivity index (χ1n) is 8.25. The molecular formula is C19H21FN2O3. The molecule has 0 bridgehead atoms. The van der Waals surface area contributed by atoms with Crippen LogP contribution in [0.4, 0.5) is 10.1 Å². The van der Waals surface area contributed by atoms with Gasteiger partial charge >= 0.3 is 0 Å². The van der Waals surface area contributed by atoms with E-state index in [9.17, 15) is 9.18 Å². The highest BCUT2D eigenvalue weighted by molar-refractivity contribution is 5.95. The molecule has 1 saturated heterocycles. The zero-order chi connectivity index (χ0) is 17.6. The van der Waals surface area contributed by atoms with Crippen molar-refractivity contribution in [2.45, 2.75) is 25.7 Å². The highest BCUT2D eigenvalue weighted by atomic mass is 19.1. The maximum absolute atomic E-state index is 13.2. The van der Waals surface area contributed by atoms with E-state index in [2.05, 4.69) is 10.6 Å². The molecule has 1 heterocycles. The number of carbonyl (C=O) groups is 1. The van der Waals surface area contributed by atoms with Crippen LogP contribution < -0.4 is 15.4 Å². The zero-order valence-electron chi connectivity index (χ0n) is 14.0. The summed E-state index contributed by atoms with van der Waals surface area (Å²) >= 11 is 0. The highest BCUT2D eigenvalue weighted by Crippen LogP contribution is 2.19. The second-order valence-corrected chi connectivity index (χ2v) is 5.94. The molecule has 0 aromatic heterocycles. The fraction of sp³-hybridized carbons (Fsp3) is 0.316. The van der Waals surface area contributed by atoms with Crippen molar-refractivity contribution >= 4 is 11.6 Å². The van der Waals surface area contributed by atoms with Gasteiger partial charge in [0.25, 0.3) is 0 Å². The second kappa shape index (κ2) is 8.09. The summed E-state index contributed by atoms with van der Waals surface area (Å²) in [4.78, 5) is 12.4. The Morgan fingerprint density at radius 3 is 2.96 bits per heavy atom. The van der Waals surface area contributed by atoms with Crippen LogP contribution in [0.1, 0.15) is 12.5 Å². The number of amides is 1. The fourth-order valence-electron chi connectivity index (χ4n) is 2.70. The molecule has 0 saturated carbocycles. The summed E-state index contributed by atoms with van der Waals surface area (Å²) in [5.74, 6) is 0.163. The summed E-state index contributed by atoms with van der Waals surface area (Å²) in [5, 5.41) is 6.02. The molecule has 1 aliphatic rings. The third kappa shape index (κ3) is 4.78. The van der Waals surface area contributed by atoms with Crippen LogP contribution in [0.15, 0.2) is 48.5 Å². The smallest absolute Gasteiger partial charge is 0.244 e. The second-order valence-electron chi connectivity index (χ2n) is 5.94. The van der Waals surface area contributed by atoms with Crippen LogP contribution in [0.5, 0.6) is 5.75 Å². The minimum absolute atomic E-state index is 0.144. The molecule has 2 aromatic carbocycles. The molecule has 25 heavy (non-hydrogen) atoms. The Kier molecular flexibility index (Phi) is 5.63. The van der Waals surface area contributed by atoms with Crippen LogP contribution in [0.2, 0.25) is 0 Å². The first-order chi connectivity index (χ1) is 12.1. The predicted octanol–water partition coefficient (Wildman–Crippen LogP) is 2.72. The Balaban J connectivity index is 1.60. The summed E-state index contributed by atoms with van der Waals surface area (Å²) < 4.78 is 24.4. The zero-order valence-corrected chi connectivity index (χ0v) is 14.0. The standard InChI is InChI=1S/C19H21FN2O3/c1-13-18(21-8-9-24-13)19(23)22-16-6-3-7-17(11-16)25-12-14-4-2-5-15(20)10-14/h2-7,10-11,13,18,21H,8-9,12H2,1H3,(H,22,23)/t13-,18+/m1/s1. The van der Waals surface area contributed by atoms with Gasteiger partial charge in [-0.1, -0.05) is 18.2 Å². The van der Waals surface area contributed by atoms with Gasteiger partial charge in [0.05, 0.1) is 12.7 Å². The van der Waals surface area contributed by atoms with Gasteiger partial charge in [0.2, 0.25) is 5.91 Å². The van der Waals surface area contributed by atoms with E-state index in [0.717, 1.165) is 5.56 Å². The van der Waals surface area contributed by atoms with E-state index in [1.54, 1.807) is 36.4 Å². The van der Waals surface area contributed by atoms with Crippen molar-refractivity contribution in [1.29, 1.82) is 0 Å². The monoisotopic (exact) mass is 344 g/mol. The van der Waals surface area contributed by atoms with Crippen molar-refractivity contribution in [2.75, 3.05) is 18.5 Å². The van der Waals surface area contributed by atoms with Crippen molar-refractivity contribution in [3.8, 4) is 5.75 Å². The molecule has 0 aliphatic carbocycles. The van der Waals surface area contributed by atoms with Crippen molar-refractivity contribution in [1.82, 2.24) is 5.32 Å². The van der Waals surface area contributed by atoms with Gasteiger partial charge in [0.1, 0.15) is 24.2 Å². The molecule has 2 aromatic rings. The quantitative estimate of drug-likeness (QED) is 0.876. The summed E-state index contributed by atoms with van der Waals surface area (Å²) in [6.45, 7) is 3.38. The average molecular weight is 344 g/mol. The predicted molar refractivity (Wildman–Crippen MR) is 93.0 cm³/mol. The van der Waals surface area contributed by atoms with Gasteiger partial charge < -0.3 is 20.1 Å². The molecule has 2 atom stereocenters. The van der Waals surface area contributed by atoms with E-state index in [0.29, 0.717) is 24.6 Å². The topological polar surface area (TPSA) is 59.6 Å². The van der Waals surface area contributed by atoms with Gasteiger partial charge in [-0.3, -0.25) is 4.79 Å². The SMILES string of the molecule is C[C@H]1OCCN[C@@H]1C(=O)Nc1cccc(OCc2cccc(F)c2)c1. The van der Waals surface area contributed by atoms with E-state index in [4.69, 9.17) is 9.47 Å². The minimum atomic E-state index is -0.384. The van der Waals surface area contributed by atoms with E-state index >= 15 is 0 Å². The first kappa shape index (κ1) is 17.4. The Morgan fingerprint density at radius 1 is 1.32 bits per heavy atom. The summed E-state index contributed by atoms with van der Waals surface area (Å²) in [5.41, 5.74) is 1.38. The van der Waals surface area contributed by atoms with E-state index in [-0.39, 0.29) is 30.5 Å². The molecule has 6 heteroatoms. The Bertz CT molecular complexity index is 738. The number of rotatable bonds is 5. The number of hydrogen-bond donors (Lipinski definition) is 2. The Labute approximate surface area is 146 Å². The first-order valence-corrected chi connectivity index (χ1v) is 8.25. The van der Waals surface area contributed by atoms with Crippen LogP contribution in [-0.2, 0) is 16.1 Å². The van der Waals surface area contributed by atoms with Crippen LogP contribution in [-0.4, -0.2) is 31.2 Å². The van der Waals surface area contributed by atoms with E-state index in [1.807, 2.05) is 6.92 Å². The van der Waals surface area contributed by atoms with Crippen LogP contribution in [0.3, 0.4) is 0 Å². The maximum Gasteiger partial charge on any atom is 0.244 e. The molecule has 132 valence electrons. The number of benzene rings is 2. The third-order valence-corrected chi connectivity index (χ3v) is 4.00. The number of hydrogen-bond acceptors (Lipinski definition) is 4. The summed E-state index contributed by atoms with van der Waals surface area (Å²) in [6, 6.07) is 13.0. The highest BCUT2D eigenvalue weighted by Gasteiger charge is 2.28. The number of anilines is 1. The summed E-state index contributed by atoms with van der Waals surface area (Å²) in [6.07, 6.45) is -0.179. The van der Waals surface area contributed by atoms with Gasteiger partial charge in [-0.05, 0) is 36.8 Å². The lowest BCUT2D eigenvalue weighted by molar-refractivity contribution is -0.123. The summed E-state index contributed by atoms with van der Waals surface area (Å²) in [7, 11) is 0. The number of halogens is 1. The maximum atomic E-state index is 13.2. The molecule has 1 aliphatic heterocycles. The molecule has 2 N–H and O–H groups in total. The van der Waals surface area contributed by atoms with Gasteiger partial charge in [0.15, 0.2) is 0 Å². The van der Waals surface area contributed by atoms with Crippen molar-refractivity contribution in [3.05, 3.63) is 59.9 Å². The number of carbonyl (C=O) groups excluding carboxylic acids is 1. The molecule has 0 spiro atoms. The Hall–Kier alpha value is -2.44. The van der Waals surface area contributed by atoms with E-state index < -0.39 is 0 Å². The lowest BCUT2D eigenvalue weighted by atomic mass is 10.1. The minimum Gasteiger partial charge on any atom is -0.489 e.